The third kappa shape index (κ3) is 4.91. The van der Waals surface area contributed by atoms with Crippen LogP contribution in [-0.2, 0) is 11.3 Å². The number of hydrogen-bond donors (Lipinski definition) is 2. The van der Waals surface area contributed by atoms with Gasteiger partial charge in [0.15, 0.2) is 12.4 Å². The summed E-state index contributed by atoms with van der Waals surface area (Å²) in [5.41, 5.74) is 2.13. The molecule has 0 unspecified atom stereocenters. The number of benzene rings is 2. The molecule has 0 saturated heterocycles. The van der Waals surface area contributed by atoms with Crippen molar-refractivity contribution in [3.05, 3.63) is 69.8 Å². The normalized spacial score (nSPS) is 10.5. The van der Waals surface area contributed by atoms with Crippen LogP contribution in [0.15, 0.2) is 48.5 Å². The lowest BCUT2D eigenvalue weighted by molar-refractivity contribution is -0.121. The van der Waals surface area contributed by atoms with E-state index in [1.807, 2.05) is 43.3 Å². The zero-order valence-corrected chi connectivity index (χ0v) is 16.5. The van der Waals surface area contributed by atoms with E-state index >= 15 is 0 Å². The average molecular weight is 418 g/mol. The van der Waals surface area contributed by atoms with Crippen LogP contribution in [0.1, 0.15) is 11.3 Å². The molecule has 0 fully saturated rings. The average Bonchev–Trinajstić information content (AvgIpc) is 2.66. The Hall–Kier alpha value is -2.83. The Balaban J connectivity index is 1.61. The Bertz CT molecular complexity index is 1030. The van der Waals surface area contributed by atoms with Crippen LogP contribution >= 0.6 is 23.2 Å². The summed E-state index contributed by atoms with van der Waals surface area (Å²) in [6, 6.07) is 13.9. The maximum absolute atomic E-state index is 12.0. The molecule has 28 heavy (non-hydrogen) atoms. The van der Waals surface area contributed by atoms with Crippen LogP contribution in [0.25, 0.3) is 10.9 Å². The minimum Gasteiger partial charge on any atom is -0.480 e. The van der Waals surface area contributed by atoms with Crippen molar-refractivity contribution in [2.75, 3.05) is 6.61 Å². The number of fused-ring (bicyclic) bond motifs is 1. The second kappa shape index (κ2) is 8.91. The molecule has 144 valence electrons. The van der Waals surface area contributed by atoms with Gasteiger partial charge in [0.25, 0.3) is 5.91 Å². The molecule has 8 heteroatoms. The summed E-state index contributed by atoms with van der Waals surface area (Å²) in [4.78, 5) is 28.3. The number of amides is 3. The molecule has 0 atom stereocenters. The highest BCUT2D eigenvalue weighted by atomic mass is 35.5. The van der Waals surface area contributed by atoms with E-state index in [9.17, 15) is 9.59 Å². The van der Waals surface area contributed by atoms with Crippen LogP contribution in [0.2, 0.25) is 10.0 Å². The van der Waals surface area contributed by atoms with Gasteiger partial charge in [-0.15, -0.1) is 0 Å². The molecular formula is C20H17Cl2N3O3. The van der Waals surface area contributed by atoms with Crippen LogP contribution in [-0.4, -0.2) is 23.5 Å². The molecule has 1 heterocycles. The largest absolute Gasteiger partial charge is 0.480 e. The summed E-state index contributed by atoms with van der Waals surface area (Å²) < 4.78 is 5.54. The molecule has 3 amide bonds. The van der Waals surface area contributed by atoms with Crippen LogP contribution in [0.5, 0.6) is 5.75 Å². The van der Waals surface area contributed by atoms with Crippen molar-refractivity contribution >= 4 is 46.0 Å². The molecule has 3 aromatic rings. The molecular weight excluding hydrogens is 401 g/mol. The smallest absolute Gasteiger partial charge is 0.321 e. The molecule has 2 N–H and O–H groups in total. The number of hydrogen-bond acceptors (Lipinski definition) is 4. The number of pyridine rings is 1. The van der Waals surface area contributed by atoms with Gasteiger partial charge in [-0.1, -0.05) is 53.5 Å². The van der Waals surface area contributed by atoms with E-state index in [2.05, 4.69) is 15.6 Å². The molecule has 3 rings (SSSR count). The van der Waals surface area contributed by atoms with Crippen LogP contribution < -0.4 is 15.4 Å². The monoisotopic (exact) mass is 417 g/mol. The number of urea groups is 1. The molecule has 0 aliphatic heterocycles. The Morgan fingerprint density at radius 2 is 1.82 bits per heavy atom. The van der Waals surface area contributed by atoms with Gasteiger partial charge in [0.1, 0.15) is 5.52 Å². The van der Waals surface area contributed by atoms with E-state index < -0.39 is 18.5 Å². The maximum atomic E-state index is 12.0. The molecule has 0 aliphatic carbocycles. The predicted octanol–water partition coefficient (Wildman–Crippen LogP) is 4.25. The Morgan fingerprint density at radius 3 is 2.57 bits per heavy atom. The van der Waals surface area contributed by atoms with Crippen molar-refractivity contribution in [1.29, 1.82) is 0 Å². The number of halogens is 2. The number of nitrogens with one attached hydrogen (secondary N) is 2. The number of aromatic nitrogens is 1. The fourth-order valence-electron chi connectivity index (χ4n) is 2.55. The molecule has 0 aliphatic rings. The van der Waals surface area contributed by atoms with Crippen molar-refractivity contribution in [3.8, 4) is 5.75 Å². The second-order valence-corrected chi connectivity index (χ2v) is 6.84. The first kappa shape index (κ1) is 19.9. The van der Waals surface area contributed by atoms with Crippen molar-refractivity contribution < 1.29 is 14.3 Å². The zero-order chi connectivity index (χ0) is 20.1. The van der Waals surface area contributed by atoms with Crippen LogP contribution in [0.4, 0.5) is 4.79 Å². The van der Waals surface area contributed by atoms with Gasteiger partial charge >= 0.3 is 6.03 Å². The highest BCUT2D eigenvalue weighted by Gasteiger charge is 2.15. The number of carbonyl (C=O) groups excluding carboxylic acids is 2. The topological polar surface area (TPSA) is 80.3 Å². The summed E-state index contributed by atoms with van der Waals surface area (Å²) in [6.07, 6.45) is 0. The molecule has 2 aromatic carbocycles. The Morgan fingerprint density at radius 1 is 1.07 bits per heavy atom. The quantitative estimate of drug-likeness (QED) is 0.649. The Labute approximate surface area is 171 Å². The summed E-state index contributed by atoms with van der Waals surface area (Å²) in [7, 11) is 0. The third-order valence-electron chi connectivity index (χ3n) is 3.87. The van der Waals surface area contributed by atoms with Crippen LogP contribution in [0.3, 0.4) is 0 Å². The second-order valence-electron chi connectivity index (χ2n) is 6.02. The summed E-state index contributed by atoms with van der Waals surface area (Å²) in [5, 5.41) is 6.14. The lowest BCUT2D eigenvalue weighted by atomic mass is 10.2. The van der Waals surface area contributed by atoms with Crippen molar-refractivity contribution in [1.82, 2.24) is 15.6 Å². The number of ether oxygens (including phenoxy) is 1. The molecule has 0 spiro atoms. The van der Waals surface area contributed by atoms with Gasteiger partial charge in [-0.2, -0.15) is 0 Å². The lowest BCUT2D eigenvalue weighted by Gasteiger charge is -2.12. The first-order valence-corrected chi connectivity index (χ1v) is 9.19. The predicted molar refractivity (Wildman–Crippen MR) is 109 cm³/mol. The summed E-state index contributed by atoms with van der Waals surface area (Å²) in [5.74, 6) is -0.373. The van der Waals surface area contributed by atoms with E-state index in [0.717, 1.165) is 11.3 Å². The van der Waals surface area contributed by atoms with Crippen molar-refractivity contribution in [3.63, 3.8) is 0 Å². The van der Waals surface area contributed by atoms with E-state index in [4.69, 9.17) is 27.9 Å². The minimum atomic E-state index is -0.614. The van der Waals surface area contributed by atoms with Crippen molar-refractivity contribution in [2.45, 2.75) is 13.5 Å². The zero-order valence-electron chi connectivity index (χ0n) is 15.0. The van der Waals surface area contributed by atoms with Gasteiger partial charge in [-0.05, 0) is 30.7 Å². The third-order valence-corrected chi connectivity index (χ3v) is 4.47. The molecule has 0 saturated carbocycles. The number of imide groups is 1. The maximum Gasteiger partial charge on any atom is 0.321 e. The Kier molecular flexibility index (Phi) is 6.34. The highest BCUT2D eigenvalue weighted by molar-refractivity contribution is 6.39. The fourth-order valence-corrected chi connectivity index (χ4v) is 3.12. The standard InChI is InChI=1S/C20H17Cl2N3O3/c1-12-7-8-14-15(21)9-16(22)19(18(14)24-12)28-11-17(26)25-20(27)23-10-13-5-3-2-4-6-13/h2-9H,10-11H2,1H3,(H2,23,25,26,27). The number of carbonyl (C=O) groups is 2. The SMILES string of the molecule is Cc1ccc2c(Cl)cc(Cl)c(OCC(=O)NC(=O)NCc3ccccc3)c2n1. The molecule has 6 nitrogen and oxygen atoms in total. The summed E-state index contributed by atoms with van der Waals surface area (Å²) in [6.45, 7) is 1.73. The number of aryl methyl sites for hydroxylation is 1. The van der Waals surface area contributed by atoms with Gasteiger partial charge in [-0.25, -0.2) is 9.78 Å². The summed E-state index contributed by atoms with van der Waals surface area (Å²) >= 11 is 12.4. The number of rotatable bonds is 5. The number of nitrogens with zero attached hydrogens (tertiary/aromatic N) is 1. The molecule has 1 aromatic heterocycles. The molecule has 0 radical (unpaired) electrons. The van der Waals surface area contributed by atoms with E-state index in [1.165, 1.54) is 6.07 Å². The van der Waals surface area contributed by atoms with E-state index in [0.29, 0.717) is 22.5 Å². The van der Waals surface area contributed by atoms with E-state index in [-0.39, 0.29) is 10.8 Å². The first-order chi connectivity index (χ1) is 13.4. The van der Waals surface area contributed by atoms with Gasteiger partial charge in [0.2, 0.25) is 0 Å². The van der Waals surface area contributed by atoms with Gasteiger partial charge in [0, 0.05) is 17.6 Å². The lowest BCUT2D eigenvalue weighted by Crippen LogP contribution is -2.41. The first-order valence-electron chi connectivity index (χ1n) is 8.44. The van der Waals surface area contributed by atoms with Crippen molar-refractivity contribution in [2.24, 2.45) is 0 Å². The molecule has 0 bridgehead atoms. The minimum absolute atomic E-state index is 0.233. The highest BCUT2D eigenvalue weighted by Crippen LogP contribution is 2.37. The van der Waals surface area contributed by atoms with E-state index in [1.54, 1.807) is 6.07 Å². The van der Waals surface area contributed by atoms with Gasteiger partial charge in [0.05, 0.1) is 10.0 Å². The van der Waals surface area contributed by atoms with Gasteiger partial charge in [-0.3, -0.25) is 10.1 Å². The van der Waals surface area contributed by atoms with Gasteiger partial charge < -0.3 is 10.1 Å². The van der Waals surface area contributed by atoms with Crippen LogP contribution in [0, 0.1) is 6.92 Å². The fraction of sp³-hybridized carbons (Fsp3) is 0.150.